The van der Waals surface area contributed by atoms with Crippen molar-refractivity contribution in [2.75, 3.05) is 10.6 Å². The Labute approximate surface area is 151 Å². The molecule has 2 N–H and O–H groups in total. The van der Waals surface area contributed by atoms with Gasteiger partial charge in [-0.3, -0.25) is 19.3 Å². The van der Waals surface area contributed by atoms with Crippen molar-refractivity contribution in [2.24, 2.45) is 0 Å². The number of pyridine rings is 1. The molecule has 0 fully saturated rings. The molecule has 7 heteroatoms. The Bertz CT molecular complexity index is 826. The highest BCUT2D eigenvalue weighted by Gasteiger charge is 2.40. The van der Waals surface area contributed by atoms with Crippen molar-refractivity contribution in [2.45, 2.75) is 32.9 Å². The van der Waals surface area contributed by atoms with Crippen LogP contribution in [-0.2, 0) is 4.79 Å². The molecule has 0 saturated heterocycles. The van der Waals surface area contributed by atoms with E-state index in [0.29, 0.717) is 22.6 Å². The number of carbonyl (C=O) groups excluding carboxylic acids is 3. The third-order valence-electron chi connectivity index (χ3n) is 4.06. The van der Waals surface area contributed by atoms with E-state index in [2.05, 4.69) is 15.6 Å². The van der Waals surface area contributed by atoms with Crippen LogP contribution < -0.4 is 10.6 Å². The standard InChI is InChI=1S/C19H20N4O3/c1-11(2)21-16-9-8-13(10-20-16)22-17(24)12(3)23-18(25)14-6-4-5-7-15(14)19(23)26/h4-12H,1-3H3,(H,20,21)(H,22,24). The van der Waals surface area contributed by atoms with E-state index in [9.17, 15) is 14.4 Å². The third-order valence-corrected chi connectivity index (χ3v) is 4.06. The molecular formula is C19H20N4O3. The maximum Gasteiger partial charge on any atom is 0.262 e. The van der Waals surface area contributed by atoms with Crippen molar-refractivity contribution in [1.29, 1.82) is 0 Å². The molecule has 0 bridgehead atoms. The predicted molar refractivity (Wildman–Crippen MR) is 98.0 cm³/mol. The minimum Gasteiger partial charge on any atom is -0.368 e. The number of rotatable bonds is 5. The Balaban J connectivity index is 1.71. The van der Waals surface area contributed by atoms with Crippen LogP contribution >= 0.6 is 0 Å². The predicted octanol–water partition coefficient (Wildman–Crippen LogP) is 2.53. The highest BCUT2D eigenvalue weighted by atomic mass is 16.2. The molecule has 134 valence electrons. The quantitative estimate of drug-likeness (QED) is 0.807. The van der Waals surface area contributed by atoms with Crippen molar-refractivity contribution < 1.29 is 14.4 Å². The van der Waals surface area contributed by atoms with Crippen molar-refractivity contribution in [3.63, 3.8) is 0 Å². The number of carbonyl (C=O) groups is 3. The molecule has 1 unspecified atom stereocenters. The lowest BCUT2D eigenvalue weighted by Gasteiger charge is -2.21. The number of nitrogens with zero attached hydrogens (tertiary/aromatic N) is 2. The second kappa shape index (κ2) is 6.95. The molecule has 1 aliphatic heterocycles. The molecule has 1 atom stereocenters. The fraction of sp³-hybridized carbons (Fsp3) is 0.263. The minimum atomic E-state index is -0.934. The normalized spacial score (nSPS) is 14.4. The summed E-state index contributed by atoms with van der Waals surface area (Å²) in [6.07, 6.45) is 1.53. The van der Waals surface area contributed by atoms with Crippen LogP contribution in [0.25, 0.3) is 0 Å². The minimum absolute atomic E-state index is 0.247. The molecule has 2 heterocycles. The van der Waals surface area contributed by atoms with E-state index in [1.807, 2.05) is 13.8 Å². The molecule has 1 aliphatic rings. The van der Waals surface area contributed by atoms with Gasteiger partial charge in [-0.1, -0.05) is 12.1 Å². The van der Waals surface area contributed by atoms with Gasteiger partial charge in [0.1, 0.15) is 11.9 Å². The van der Waals surface area contributed by atoms with Gasteiger partial charge in [0, 0.05) is 6.04 Å². The summed E-state index contributed by atoms with van der Waals surface area (Å²) in [6, 6.07) is 9.34. The first-order chi connectivity index (χ1) is 12.4. The zero-order chi connectivity index (χ0) is 18.8. The van der Waals surface area contributed by atoms with E-state index in [0.717, 1.165) is 4.90 Å². The number of aromatic nitrogens is 1. The maximum absolute atomic E-state index is 12.5. The molecule has 7 nitrogen and oxygen atoms in total. The van der Waals surface area contributed by atoms with Crippen LogP contribution in [0.1, 0.15) is 41.5 Å². The Morgan fingerprint density at radius 1 is 1.00 bits per heavy atom. The summed E-state index contributed by atoms with van der Waals surface area (Å²) in [6.45, 7) is 5.53. The fourth-order valence-corrected chi connectivity index (χ4v) is 2.77. The second-order valence-electron chi connectivity index (χ2n) is 6.42. The molecule has 0 spiro atoms. The van der Waals surface area contributed by atoms with Gasteiger partial charge in [-0.05, 0) is 45.0 Å². The fourth-order valence-electron chi connectivity index (χ4n) is 2.77. The summed E-state index contributed by atoms with van der Waals surface area (Å²) in [5.74, 6) is -0.664. The van der Waals surface area contributed by atoms with E-state index in [1.165, 1.54) is 13.1 Å². The van der Waals surface area contributed by atoms with Gasteiger partial charge >= 0.3 is 0 Å². The number of nitrogens with one attached hydrogen (secondary N) is 2. The van der Waals surface area contributed by atoms with Gasteiger partial charge in [-0.2, -0.15) is 0 Å². The lowest BCUT2D eigenvalue weighted by atomic mass is 10.1. The van der Waals surface area contributed by atoms with Gasteiger partial charge in [0.2, 0.25) is 5.91 Å². The van der Waals surface area contributed by atoms with Crippen molar-refractivity contribution in [1.82, 2.24) is 9.88 Å². The van der Waals surface area contributed by atoms with Gasteiger partial charge in [0.25, 0.3) is 11.8 Å². The zero-order valence-electron chi connectivity index (χ0n) is 14.8. The van der Waals surface area contributed by atoms with Crippen molar-refractivity contribution >= 4 is 29.2 Å². The van der Waals surface area contributed by atoms with Crippen LogP contribution in [0.3, 0.4) is 0 Å². The van der Waals surface area contributed by atoms with Gasteiger partial charge < -0.3 is 10.6 Å². The van der Waals surface area contributed by atoms with E-state index in [-0.39, 0.29) is 6.04 Å². The van der Waals surface area contributed by atoms with E-state index >= 15 is 0 Å². The summed E-state index contributed by atoms with van der Waals surface area (Å²) >= 11 is 0. The molecule has 26 heavy (non-hydrogen) atoms. The summed E-state index contributed by atoms with van der Waals surface area (Å²) in [7, 11) is 0. The van der Waals surface area contributed by atoms with Crippen LogP contribution in [0.15, 0.2) is 42.6 Å². The van der Waals surface area contributed by atoms with Gasteiger partial charge in [0.05, 0.1) is 23.0 Å². The maximum atomic E-state index is 12.5. The number of imide groups is 1. The summed E-state index contributed by atoms with van der Waals surface area (Å²) in [5.41, 5.74) is 1.14. The van der Waals surface area contributed by atoms with E-state index < -0.39 is 23.8 Å². The second-order valence-corrected chi connectivity index (χ2v) is 6.42. The number of benzene rings is 1. The smallest absolute Gasteiger partial charge is 0.262 e. The summed E-state index contributed by atoms with van der Waals surface area (Å²) < 4.78 is 0. The first kappa shape index (κ1) is 17.6. The Hall–Kier alpha value is -3.22. The molecule has 3 rings (SSSR count). The van der Waals surface area contributed by atoms with Gasteiger partial charge in [-0.25, -0.2) is 4.98 Å². The Morgan fingerprint density at radius 2 is 1.62 bits per heavy atom. The first-order valence-electron chi connectivity index (χ1n) is 8.39. The van der Waals surface area contributed by atoms with Crippen LogP contribution in [-0.4, -0.2) is 39.7 Å². The van der Waals surface area contributed by atoms with Crippen molar-refractivity contribution in [3.8, 4) is 0 Å². The molecule has 0 saturated carbocycles. The number of hydrogen-bond donors (Lipinski definition) is 2. The van der Waals surface area contributed by atoms with Crippen molar-refractivity contribution in [3.05, 3.63) is 53.7 Å². The molecule has 1 aromatic heterocycles. The van der Waals surface area contributed by atoms with Crippen LogP contribution in [0.5, 0.6) is 0 Å². The largest absolute Gasteiger partial charge is 0.368 e. The first-order valence-corrected chi connectivity index (χ1v) is 8.39. The SMILES string of the molecule is CC(C)Nc1ccc(NC(=O)C(C)N2C(=O)c3ccccc3C2=O)cn1. The van der Waals surface area contributed by atoms with Gasteiger partial charge in [0.15, 0.2) is 0 Å². The number of amides is 3. The van der Waals surface area contributed by atoms with Crippen LogP contribution in [0.2, 0.25) is 0 Å². The van der Waals surface area contributed by atoms with Gasteiger partial charge in [-0.15, -0.1) is 0 Å². The molecule has 0 aliphatic carbocycles. The zero-order valence-corrected chi connectivity index (χ0v) is 14.8. The lowest BCUT2D eigenvalue weighted by molar-refractivity contribution is -0.119. The van der Waals surface area contributed by atoms with Crippen LogP contribution in [0.4, 0.5) is 11.5 Å². The Morgan fingerprint density at radius 3 is 2.12 bits per heavy atom. The topological polar surface area (TPSA) is 91.4 Å². The Kier molecular flexibility index (Phi) is 4.71. The highest BCUT2D eigenvalue weighted by molar-refractivity contribution is 6.23. The lowest BCUT2D eigenvalue weighted by Crippen LogP contribution is -2.45. The summed E-state index contributed by atoms with van der Waals surface area (Å²) in [5, 5.41) is 5.84. The number of anilines is 2. The summed E-state index contributed by atoms with van der Waals surface area (Å²) in [4.78, 5) is 42.6. The average molecular weight is 352 g/mol. The molecular weight excluding hydrogens is 332 g/mol. The van der Waals surface area contributed by atoms with E-state index in [1.54, 1.807) is 36.4 Å². The molecule has 1 aromatic carbocycles. The number of hydrogen-bond acceptors (Lipinski definition) is 5. The van der Waals surface area contributed by atoms with Crippen LogP contribution in [0, 0.1) is 0 Å². The molecule has 0 radical (unpaired) electrons. The van der Waals surface area contributed by atoms with E-state index in [4.69, 9.17) is 0 Å². The molecule has 3 amide bonds. The monoisotopic (exact) mass is 352 g/mol. The third kappa shape index (κ3) is 3.28. The average Bonchev–Trinajstić information content (AvgIpc) is 2.87. The highest BCUT2D eigenvalue weighted by Crippen LogP contribution is 2.25. The molecule has 2 aromatic rings. The number of fused-ring (bicyclic) bond motifs is 1.